The first-order valence-electron chi connectivity index (χ1n) is 6.99. The molecule has 1 rings (SSSR count). The van der Waals surface area contributed by atoms with Gasteiger partial charge in [0.25, 0.3) is 0 Å². The second-order valence-corrected chi connectivity index (χ2v) is 5.06. The Bertz CT molecular complexity index is 363. The summed E-state index contributed by atoms with van der Waals surface area (Å²) in [5.74, 6) is 0.604. The minimum Gasteiger partial charge on any atom is -0.489 e. The molecule has 0 heterocycles. The lowest BCUT2D eigenvalue weighted by molar-refractivity contribution is 0.106. The van der Waals surface area contributed by atoms with Gasteiger partial charge < -0.3 is 19.9 Å². The van der Waals surface area contributed by atoms with Gasteiger partial charge in [0.05, 0.1) is 5.02 Å². The van der Waals surface area contributed by atoms with Crippen molar-refractivity contribution in [2.45, 2.75) is 25.4 Å². The minimum atomic E-state index is -0.537. The molecule has 5 heteroatoms. The molecule has 0 aliphatic rings. The number of hydrogen-bond acceptors (Lipinski definition) is 4. The highest BCUT2D eigenvalue weighted by atomic mass is 35.5. The Morgan fingerprint density at radius 1 is 1.25 bits per heavy atom. The summed E-state index contributed by atoms with van der Waals surface area (Å²) < 4.78 is 10.5. The van der Waals surface area contributed by atoms with Crippen molar-refractivity contribution in [1.82, 2.24) is 5.32 Å². The Hall–Kier alpha value is -0.810. The monoisotopic (exact) mass is 301 g/mol. The Morgan fingerprint density at radius 2 is 2.05 bits per heavy atom. The third-order valence-corrected chi connectivity index (χ3v) is 3.16. The summed E-state index contributed by atoms with van der Waals surface area (Å²) in [6, 6.07) is 7.25. The van der Waals surface area contributed by atoms with Gasteiger partial charge in [-0.3, -0.25) is 0 Å². The number of para-hydroxylation sites is 1. The van der Waals surface area contributed by atoms with E-state index in [4.69, 9.17) is 21.1 Å². The van der Waals surface area contributed by atoms with Crippen molar-refractivity contribution in [2.24, 2.45) is 0 Å². The summed E-state index contributed by atoms with van der Waals surface area (Å²) in [7, 11) is 1.72. The fourth-order valence-corrected chi connectivity index (χ4v) is 1.94. The largest absolute Gasteiger partial charge is 0.489 e. The maximum atomic E-state index is 9.79. The molecule has 0 radical (unpaired) electrons. The Labute approximate surface area is 126 Å². The Balaban J connectivity index is 2.03. The molecule has 20 heavy (non-hydrogen) atoms. The molecule has 114 valence electrons. The summed E-state index contributed by atoms with van der Waals surface area (Å²) in [4.78, 5) is 0. The van der Waals surface area contributed by atoms with Gasteiger partial charge in [0.15, 0.2) is 0 Å². The van der Waals surface area contributed by atoms with Crippen LogP contribution in [0.15, 0.2) is 24.3 Å². The highest BCUT2D eigenvalue weighted by molar-refractivity contribution is 6.32. The molecule has 0 saturated heterocycles. The minimum absolute atomic E-state index is 0.237. The van der Waals surface area contributed by atoms with Crippen molar-refractivity contribution in [3.8, 4) is 5.75 Å². The second kappa shape index (κ2) is 10.9. The second-order valence-electron chi connectivity index (χ2n) is 4.65. The van der Waals surface area contributed by atoms with Crippen LogP contribution in [-0.2, 0) is 4.74 Å². The third-order valence-electron chi connectivity index (χ3n) is 2.85. The number of unbranched alkanes of at least 4 members (excludes halogenated alkanes) is 2. The predicted octanol–water partition coefficient (Wildman–Crippen LogP) is 2.49. The lowest BCUT2D eigenvalue weighted by Crippen LogP contribution is -2.32. The van der Waals surface area contributed by atoms with Crippen LogP contribution in [-0.4, -0.2) is 44.6 Å². The predicted molar refractivity (Wildman–Crippen MR) is 81.6 cm³/mol. The molecule has 0 spiro atoms. The molecular weight excluding hydrogens is 278 g/mol. The van der Waals surface area contributed by atoms with Gasteiger partial charge in [0.1, 0.15) is 18.5 Å². The van der Waals surface area contributed by atoms with E-state index < -0.39 is 6.10 Å². The van der Waals surface area contributed by atoms with Gasteiger partial charge in [0.2, 0.25) is 0 Å². The summed E-state index contributed by atoms with van der Waals surface area (Å²) in [5.41, 5.74) is 0. The summed E-state index contributed by atoms with van der Waals surface area (Å²) in [6.07, 6.45) is 2.76. The van der Waals surface area contributed by atoms with E-state index in [1.165, 1.54) is 0 Å². The molecule has 0 bridgehead atoms. The Kier molecular flexibility index (Phi) is 9.41. The van der Waals surface area contributed by atoms with Crippen molar-refractivity contribution in [2.75, 3.05) is 33.4 Å². The van der Waals surface area contributed by atoms with Crippen LogP contribution in [0.2, 0.25) is 5.02 Å². The van der Waals surface area contributed by atoms with Crippen LogP contribution in [0.4, 0.5) is 0 Å². The highest BCUT2D eigenvalue weighted by Gasteiger charge is 2.06. The van der Waals surface area contributed by atoms with E-state index in [-0.39, 0.29) is 6.61 Å². The number of benzene rings is 1. The van der Waals surface area contributed by atoms with Crippen LogP contribution < -0.4 is 10.1 Å². The Morgan fingerprint density at radius 3 is 2.80 bits per heavy atom. The summed E-state index contributed by atoms with van der Waals surface area (Å²) in [6.45, 7) is 2.47. The van der Waals surface area contributed by atoms with Crippen molar-refractivity contribution < 1.29 is 14.6 Å². The summed E-state index contributed by atoms with van der Waals surface area (Å²) in [5, 5.41) is 13.6. The molecule has 0 amide bonds. The zero-order chi connectivity index (χ0) is 14.6. The van der Waals surface area contributed by atoms with Crippen molar-refractivity contribution in [3.63, 3.8) is 0 Å². The molecule has 1 aromatic rings. The van der Waals surface area contributed by atoms with E-state index in [0.717, 1.165) is 32.4 Å². The lowest BCUT2D eigenvalue weighted by Gasteiger charge is -2.14. The zero-order valence-corrected chi connectivity index (χ0v) is 12.7. The number of ether oxygens (including phenoxy) is 2. The highest BCUT2D eigenvalue weighted by Crippen LogP contribution is 2.22. The van der Waals surface area contributed by atoms with Gasteiger partial charge in [-0.2, -0.15) is 0 Å². The van der Waals surface area contributed by atoms with Crippen LogP contribution in [0.5, 0.6) is 5.75 Å². The van der Waals surface area contributed by atoms with E-state index in [0.29, 0.717) is 17.3 Å². The number of aliphatic hydroxyl groups is 1. The number of aliphatic hydroxyl groups excluding tert-OH is 1. The van der Waals surface area contributed by atoms with Gasteiger partial charge in [-0.15, -0.1) is 0 Å². The van der Waals surface area contributed by atoms with Gasteiger partial charge >= 0.3 is 0 Å². The molecule has 1 atom stereocenters. The van der Waals surface area contributed by atoms with Crippen LogP contribution in [0.3, 0.4) is 0 Å². The average molecular weight is 302 g/mol. The van der Waals surface area contributed by atoms with Crippen molar-refractivity contribution in [1.29, 1.82) is 0 Å². The molecule has 1 unspecified atom stereocenters. The third kappa shape index (κ3) is 7.70. The van der Waals surface area contributed by atoms with Crippen LogP contribution in [0.25, 0.3) is 0 Å². The smallest absolute Gasteiger partial charge is 0.138 e. The quantitative estimate of drug-likeness (QED) is 0.617. The maximum Gasteiger partial charge on any atom is 0.138 e. The summed E-state index contributed by atoms with van der Waals surface area (Å²) >= 11 is 5.96. The topological polar surface area (TPSA) is 50.7 Å². The van der Waals surface area contributed by atoms with E-state index in [2.05, 4.69) is 5.32 Å². The maximum absolute atomic E-state index is 9.79. The number of methoxy groups -OCH3 is 1. The molecule has 0 aliphatic carbocycles. The van der Waals surface area contributed by atoms with Crippen molar-refractivity contribution in [3.05, 3.63) is 29.3 Å². The lowest BCUT2D eigenvalue weighted by atomic mass is 10.2. The van der Waals surface area contributed by atoms with E-state index in [1.807, 2.05) is 12.1 Å². The van der Waals surface area contributed by atoms with Gasteiger partial charge in [0, 0.05) is 20.3 Å². The van der Waals surface area contributed by atoms with Crippen molar-refractivity contribution >= 4 is 11.6 Å². The number of rotatable bonds is 11. The molecule has 1 aromatic carbocycles. The van der Waals surface area contributed by atoms with E-state index in [1.54, 1.807) is 19.2 Å². The standard InChI is InChI=1S/C15H24ClNO3/c1-19-10-6-2-5-9-17-11-13(18)12-20-15-8-4-3-7-14(15)16/h3-4,7-8,13,17-18H,2,5-6,9-12H2,1H3. The van der Waals surface area contributed by atoms with Gasteiger partial charge in [-0.1, -0.05) is 23.7 Å². The van der Waals surface area contributed by atoms with Gasteiger partial charge in [-0.05, 0) is 37.9 Å². The molecule has 4 nitrogen and oxygen atoms in total. The first-order valence-corrected chi connectivity index (χ1v) is 7.37. The van der Waals surface area contributed by atoms with E-state index >= 15 is 0 Å². The molecule has 2 N–H and O–H groups in total. The van der Waals surface area contributed by atoms with Crippen LogP contribution in [0, 0.1) is 0 Å². The fraction of sp³-hybridized carbons (Fsp3) is 0.600. The normalized spacial score (nSPS) is 12.3. The van der Waals surface area contributed by atoms with Crippen LogP contribution in [0.1, 0.15) is 19.3 Å². The number of hydrogen-bond donors (Lipinski definition) is 2. The number of halogens is 1. The molecule has 0 saturated carbocycles. The SMILES string of the molecule is COCCCCCNCC(O)COc1ccccc1Cl. The average Bonchev–Trinajstić information content (AvgIpc) is 2.45. The van der Waals surface area contributed by atoms with Gasteiger partial charge in [-0.25, -0.2) is 0 Å². The molecule has 0 aromatic heterocycles. The number of nitrogens with one attached hydrogen (secondary N) is 1. The molecule has 0 aliphatic heterocycles. The zero-order valence-electron chi connectivity index (χ0n) is 12.0. The molecule has 0 fully saturated rings. The van der Waals surface area contributed by atoms with Crippen LogP contribution >= 0.6 is 11.6 Å². The first-order chi connectivity index (χ1) is 9.74. The van der Waals surface area contributed by atoms with E-state index in [9.17, 15) is 5.11 Å². The fourth-order valence-electron chi connectivity index (χ4n) is 1.75. The molecular formula is C15H24ClNO3. The first kappa shape index (κ1) is 17.2.